The number of hydrogen-bond acceptors (Lipinski definition) is 4. The van der Waals surface area contributed by atoms with Crippen molar-refractivity contribution in [3.63, 3.8) is 0 Å². The Kier molecular flexibility index (Phi) is 7.91. The van der Waals surface area contributed by atoms with Crippen molar-refractivity contribution in [1.29, 1.82) is 5.26 Å². The highest BCUT2D eigenvalue weighted by molar-refractivity contribution is 14.0. The van der Waals surface area contributed by atoms with Gasteiger partial charge in [-0.05, 0) is 30.5 Å². The topological polar surface area (TPSA) is 81.3 Å². The van der Waals surface area contributed by atoms with Gasteiger partial charge in [-0.25, -0.2) is 0 Å². The summed E-state index contributed by atoms with van der Waals surface area (Å²) >= 11 is 0. The molecule has 0 saturated carbocycles. The molecule has 8 heteroatoms. The number of hydrogen-bond donors (Lipinski definition) is 2. The molecule has 1 aromatic carbocycles. The van der Waals surface area contributed by atoms with Crippen molar-refractivity contribution in [2.45, 2.75) is 25.4 Å². The van der Waals surface area contributed by atoms with E-state index in [0.29, 0.717) is 18.2 Å². The fourth-order valence-corrected chi connectivity index (χ4v) is 3.23. The highest BCUT2D eigenvalue weighted by Crippen LogP contribution is 2.18. The van der Waals surface area contributed by atoms with Crippen molar-refractivity contribution in [1.82, 2.24) is 20.4 Å². The van der Waals surface area contributed by atoms with Gasteiger partial charge in [-0.3, -0.25) is 9.67 Å². The lowest BCUT2D eigenvalue weighted by Crippen LogP contribution is -2.51. The van der Waals surface area contributed by atoms with Crippen molar-refractivity contribution < 1.29 is 0 Å². The van der Waals surface area contributed by atoms with Crippen LogP contribution < -0.4 is 15.5 Å². The lowest BCUT2D eigenvalue weighted by atomic mass is 10.1. The van der Waals surface area contributed by atoms with Gasteiger partial charge in [0.05, 0.1) is 23.5 Å². The average Bonchev–Trinajstić information content (AvgIpc) is 3.12. The highest BCUT2D eigenvalue weighted by atomic mass is 127. The van der Waals surface area contributed by atoms with Crippen LogP contribution in [0, 0.1) is 11.3 Å². The van der Waals surface area contributed by atoms with Crippen LogP contribution in [0.5, 0.6) is 0 Å². The van der Waals surface area contributed by atoms with Gasteiger partial charge < -0.3 is 15.5 Å². The summed E-state index contributed by atoms with van der Waals surface area (Å²) in [6, 6.07) is 10.1. The number of nitrogens with one attached hydrogen (secondary N) is 2. The number of aliphatic imine (C=N–C) groups is 1. The van der Waals surface area contributed by atoms with Gasteiger partial charge in [-0.2, -0.15) is 10.4 Å². The van der Waals surface area contributed by atoms with Crippen molar-refractivity contribution in [3.8, 4) is 6.07 Å². The van der Waals surface area contributed by atoms with Crippen LogP contribution in [0.25, 0.3) is 0 Å². The Morgan fingerprint density at radius 1 is 1.44 bits per heavy atom. The minimum absolute atomic E-state index is 0. The second kappa shape index (κ2) is 10.2. The summed E-state index contributed by atoms with van der Waals surface area (Å²) in [5.41, 5.74) is 2.90. The maximum atomic E-state index is 9.01. The van der Waals surface area contributed by atoms with Gasteiger partial charge in [-0.15, -0.1) is 24.0 Å². The number of rotatable bonds is 4. The number of aromatic nitrogens is 2. The number of guanidine groups is 1. The summed E-state index contributed by atoms with van der Waals surface area (Å²) in [7, 11) is 3.72. The Morgan fingerprint density at radius 2 is 2.30 bits per heavy atom. The van der Waals surface area contributed by atoms with Crippen molar-refractivity contribution in [2.75, 3.05) is 25.0 Å². The average molecular weight is 479 g/mol. The second-order valence-electron chi connectivity index (χ2n) is 6.54. The third-order valence-corrected chi connectivity index (χ3v) is 4.56. The fraction of sp³-hybridized carbons (Fsp3) is 0.421. The third-order valence-electron chi connectivity index (χ3n) is 4.56. The van der Waals surface area contributed by atoms with E-state index in [1.807, 2.05) is 42.2 Å². The normalized spacial score (nSPS) is 17.0. The molecule has 1 aliphatic heterocycles. The molecule has 0 amide bonds. The van der Waals surface area contributed by atoms with E-state index in [1.165, 1.54) is 0 Å². The first-order valence-corrected chi connectivity index (χ1v) is 8.88. The Labute approximate surface area is 177 Å². The maximum Gasteiger partial charge on any atom is 0.191 e. The molecule has 144 valence electrons. The zero-order valence-electron chi connectivity index (χ0n) is 15.7. The van der Waals surface area contributed by atoms with Crippen molar-refractivity contribution in [2.24, 2.45) is 12.0 Å². The molecule has 7 nitrogen and oxygen atoms in total. The summed E-state index contributed by atoms with van der Waals surface area (Å²) in [6.45, 7) is 2.61. The van der Waals surface area contributed by atoms with Crippen LogP contribution in [-0.2, 0) is 13.6 Å². The molecular formula is C19H26IN7. The molecule has 0 spiro atoms. The van der Waals surface area contributed by atoms with Crippen LogP contribution in [0.2, 0.25) is 0 Å². The van der Waals surface area contributed by atoms with E-state index in [0.717, 1.165) is 43.1 Å². The minimum Gasteiger partial charge on any atom is -0.367 e. The summed E-state index contributed by atoms with van der Waals surface area (Å²) in [5, 5.41) is 20.1. The molecule has 1 saturated heterocycles. The molecule has 3 rings (SSSR count). The number of aryl methyl sites for hydroxylation is 1. The van der Waals surface area contributed by atoms with Crippen LogP contribution in [-0.4, -0.2) is 41.9 Å². The Balaban J connectivity index is 0.00000261. The number of piperidine rings is 1. The highest BCUT2D eigenvalue weighted by Gasteiger charge is 2.21. The van der Waals surface area contributed by atoms with Crippen LogP contribution in [0.4, 0.5) is 5.69 Å². The molecule has 1 unspecified atom stereocenters. The molecule has 27 heavy (non-hydrogen) atoms. The SMILES string of the molecule is CN=C(NCc1cccc(C#N)c1)NC1CCCN(c2cnn(C)c2)C1.I. The molecule has 1 aliphatic rings. The van der Waals surface area contributed by atoms with Crippen LogP contribution >= 0.6 is 24.0 Å². The summed E-state index contributed by atoms with van der Waals surface area (Å²) < 4.78 is 1.84. The Bertz CT molecular complexity index is 808. The molecular weight excluding hydrogens is 453 g/mol. The van der Waals surface area contributed by atoms with Crippen LogP contribution in [0.15, 0.2) is 41.7 Å². The Morgan fingerprint density at radius 3 is 3.00 bits per heavy atom. The lowest BCUT2D eigenvalue weighted by Gasteiger charge is -2.34. The third kappa shape index (κ3) is 5.85. The van der Waals surface area contributed by atoms with E-state index in [1.54, 1.807) is 7.05 Å². The molecule has 1 aromatic heterocycles. The fourth-order valence-electron chi connectivity index (χ4n) is 3.23. The zero-order valence-corrected chi connectivity index (χ0v) is 18.1. The first kappa shape index (κ1) is 21.0. The number of benzene rings is 1. The smallest absolute Gasteiger partial charge is 0.191 e. The quantitative estimate of drug-likeness (QED) is 0.400. The number of nitrogens with zero attached hydrogens (tertiary/aromatic N) is 5. The zero-order chi connectivity index (χ0) is 18.4. The Hall–Kier alpha value is -2.28. The van der Waals surface area contributed by atoms with Gasteiger partial charge >= 0.3 is 0 Å². The van der Waals surface area contributed by atoms with Crippen molar-refractivity contribution in [3.05, 3.63) is 47.8 Å². The second-order valence-corrected chi connectivity index (χ2v) is 6.54. The lowest BCUT2D eigenvalue weighted by molar-refractivity contribution is 0.468. The molecule has 0 bridgehead atoms. The van der Waals surface area contributed by atoms with Gasteiger partial charge in [0, 0.05) is 46.0 Å². The molecule has 0 aliphatic carbocycles. The van der Waals surface area contributed by atoms with E-state index >= 15 is 0 Å². The summed E-state index contributed by atoms with van der Waals surface area (Å²) in [5.74, 6) is 0.783. The molecule has 2 N–H and O–H groups in total. The first-order chi connectivity index (χ1) is 12.7. The molecule has 2 aromatic rings. The predicted molar refractivity (Wildman–Crippen MR) is 118 cm³/mol. The predicted octanol–water partition coefficient (Wildman–Crippen LogP) is 2.24. The standard InChI is InChI=1S/C19H25N7.HI/c1-21-19(22-11-16-6-3-5-15(9-16)10-20)24-17-7-4-8-26(13-17)18-12-23-25(2)14-18;/h3,5-6,9,12,14,17H,4,7-8,11,13H2,1-2H3,(H2,21,22,24);1H. The van der Waals surface area contributed by atoms with Crippen molar-refractivity contribution >= 4 is 35.6 Å². The minimum atomic E-state index is 0. The first-order valence-electron chi connectivity index (χ1n) is 8.88. The van der Waals surface area contributed by atoms with Crippen LogP contribution in [0.3, 0.4) is 0 Å². The summed E-state index contributed by atoms with van der Waals surface area (Å²) in [4.78, 5) is 6.70. The van der Waals surface area contributed by atoms with Gasteiger partial charge in [0.15, 0.2) is 5.96 Å². The van der Waals surface area contributed by atoms with Gasteiger partial charge in [-0.1, -0.05) is 12.1 Å². The molecule has 2 heterocycles. The number of nitriles is 1. The largest absolute Gasteiger partial charge is 0.367 e. The molecule has 1 atom stereocenters. The maximum absolute atomic E-state index is 9.01. The van der Waals surface area contributed by atoms with Crippen LogP contribution in [0.1, 0.15) is 24.0 Å². The van der Waals surface area contributed by atoms with E-state index < -0.39 is 0 Å². The monoisotopic (exact) mass is 479 g/mol. The van der Waals surface area contributed by atoms with E-state index in [2.05, 4.69) is 37.9 Å². The van der Waals surface area contributed by atoms with Gasteiger partial charge in [0.2, 0.25) is 0 Å². The van der Waals surface area contributed by atoms with E-state index in [9.17, 15) is 0 Å². The van der Waals surface area contributed by atoms with Gasteiger partial charge in [0.1, 0.15) is 0 Å². The molecule has 0 radical (unpaired) electrons. The number of anilines is 1. The molecule has 1 fully saturated rings. The van der Waals surface area contributed by atoms with Gasteiger partial charge in [0.25, 0.3) is 0 Å². The van der Waals surface area contributed by atoms with E-state index in [-0.39, 0.29) is 24.0 Å². The summed E-state index contributed by atoms with van der Waals surface area (Å²) in [6.07, 6.45) is 6.21. The van der Waals surface area contributed by atoms with E-state index in [4.69, 9.17) is 5.26 Å². The number of halogens is 1.